The van der Waals surface area contributed by atoms with E-state index in [0.717, 1.165) is 16.5 Å². The maximum absolute atomic E-state index is 13.4. The molecule has 5 unspecified atom stereocenters. The normalized spacial score (nSPS) is 14.8. The maximum atomic E-state index is 13.4. The highest BCUT2D eigenvalue weighted by atomic mass is 32.1. The number of carboxylic acid groups (broad SMARTS) is 1. The molecule has 40 heavy (non-hydrogen) atoms. The number of aliphatic imine (C=N–C) groups is 1. The molecule has 13 nitrogen and oxygen atoms in total. The van der Waals surface area contributed by atoms with Gasteiger partial charge in [0.25, 0.3) is 0 Å². The third-order valence-electron chi connectivity index (χ3n) is 6.62. The minimum Gasteiger partial charge on any atom is -0.480 e. The molecule has 0 bridgehead atoms. The van der Waals surface area contributed by atoms with Crippen molar-refractivity contribution < 1.29 is 24.3 Å². The van der Waals surface area contributed by atoms with Crippen molar-refractivity contribution in [2.24, 2.45) is 28.1 Å². The average molecular weight is 577 g/mol. The first kappa shape index (κ1) is 32.4. The van der Waals surface area contributed by atoms with Gasteiger partial charge in [0, 0.05) is 29.4 Å². The van der Waals surface area contributed by atoms with Gasteiger partial charge in [-0.05, 0) is 36.8 Å². The third-order valence-corrected chi connectivity index (χ3v) is 6.99. The summed E-state index contributed by atoms with van der Waals surface area (Å²) in [5.41, 5.74) is 18.7. The maximum Gasteiger partial charge on any atom is 0.327 e. The Balaban J connectivity index is 2.15. The zero-order valence-corrected chi connectivity index (χ0v) is 23.6. The second-order valence-electron chi connectivity index (χ2n) is 9.63. The zero-order valence-electron chi connectivity index (χ0n) is 22.7. The molecule has 1 aromatic carbocycles. The van der Waals surface area contributed by atoms with E-state index in [4.69, 9.17) is 17.2 Å². The number of carboxylic acids is 1. The van der Waals surface area contributed by atoms with E-state index in [1.54, 1.807) is 13.1 Å². The summed E-state index contributed by atoms with van der Waals surface area (Å²) in [4.78, 5) is 57.8. The Hall–Kier alpha value is -3.78. The molecule has 11 N–H and O–H groups in total. The number of para-hydroxylation sites is 1. The summed E-state index contributed by atoms with van der Waals surface area (Å²) in [5.74, 6) is -3.63. The van der Waals surface area contributed by atoms with Gasteiger partial charge in [-0.2, -0.15) is 12.6 Å². The number of amides is 3. The van der Waals surface area contributed by atoms with Gasteiger partial charge in [-0.1, -0.05) is 38.5 Å². The molecule has 220 valence electrons. The Morgan fingerprint density at radius 2 is 1.73 bits per heavy atom. The fourth-order valence-electron chi connectivity index (χ4n) is 4.08. The van der Waals surface area contributed by atoms with Gasteiger partial charge < -0.3 is 43.2 Å². The van der Waals surface area contributed by atoms with E-state index in [1.807, 2.05) is 31.2 Å². The number of carbonyl (C=O) groups excluding carboxylic acids is 3. The minimum atomic E-state index is -1.26. The summed E-state index contributed by atoms with van der Waals surface area (Å²) >= 11 is 3.97. The molecule has 0 aliphatic carbocycles. The van der Waals surface area contributed by atoms with Gasteiger partial charge in [0.15, 0.2) is 5.96 Å². The Kier molecular flexibility index (Phi) is 12.7. The molecule has 0 spiro atoms. The molecule has 0 radical (unpaired) electrons. The van der Waals surface area contributed by atoms with Gasteiger partial charge in [0.05, 0.1) is 6.04 Å². The molecular weight excluding hydrogens is 536 g/mol. The summed E-state index contributed by atoms with van der Waals surface area (Å²) in [5, 5.41) is 18.0. The van der Waals surface area contributed by atoms with Crippen LogP contribution >= 0.6 is 12.6 Å². The largest absolute Gasteiger partial charge is 0.480 e. The minimum absolute atomic E-state index is 0.116. The van der Waals surface area contributed by atoms with Crippen LogP contribution in [-0.2, 0) is 25.6 Å². The number of rotatable bonds is 16. The highest BCUT2D eigenvalue weighted by molar-refractivity contribution is 7.80. The standard InChI is InChI=1S/C26H40N8O5S/c1-3-14(2)21(34-22(35)17(27)11-15-12-31-18-8-5-4-7-16(15)18)24(37)32-19(9-6-10-30-26(28)29)23(36)33-20(13-40)25(38)39/h4-5,7-8,12,14,17,19-21,31,40H,3,6,9-11,13,27H2,1-2H3,(H,32,37)(H,33,36)(H,34,35)(H,38,39)(H4,28,29,30). The molecule has 2 rings (SSSR count). The summed E-state index contributed by atoms with van der Waals surface area (Å²) < 4.78 is 0. The lowest BCUT2D eigenvalue weighted by molar-refractivity contribution is -0.141. The molecular formula is C26H40N8O5S. The van der Waals surface area contributed by atoms with Gasteiger partial charge in [-0.15, -0.1) is 0 Å². The molecule has 14 heteroatoms. The van der Waals surface area contributed by atoms with Gasteiger partial charge in [-0.3, -0.25) is 19.4 Å². The van der Waals surface area contributed by atoms with Crippen molar-refractivity contribution in [2.75, 3.05) is 12.3 Å². The molecule has 0 saturated carbocycles. The number of hydrogen-bond donors (Lipinski definition) is 9. The Morgan fingerprint density at radius 1 is 1.05 bits per heavy atom. The second-order valence-corrected chi connectivity index (χ2v) is 10.00. The molecule has 5 atom stereocenters. The molecule has 0 aliphatic heterocycles. The number of H-pyrrole nitrogens is 1. The van der Waals surface area contributed by atoms with Crippen LogP contribution in [0.1, 0.15) is 38.7 Å². The lowest BCUT2D eigenvalue weighted by atomic mass is 9.96. The zero-order chi connectivity index (χ0) is 29.8. The van der Waals surface area contributed by atoms with Crippen molar-refractivity contribution in [3.05, 3.63) is 36.0 Å². The van der Waals surface area contributed by atoms with Crippen molar-refractivity contribution in [3.63, 3.8) is 0 Å². The summed E-state index contributed by atoms with van der Waals surface area (Å²) in [6, 6.07) is 3.39. The Bertz CT molecular complexity index is 1200. The van der Waals surface area contributed by atoms with Crippen molar-refractivity contribution in [2.45, 2.75) is 63.7 Å². The molecule has 1 heterocycles. The van der Waals surface area contributed by atoms with Gasteiger partial charge in [-0.25, -0.2) is 4.79 Å². The van der Waals surface area contributed by atoms with Crippen molar-refractivity contribution >= 4 is 53.2 Å². The van der Waals surface area contributed by atoms with Crippen LogP contribution in [0, 0.1) is 5.92 Å². The topological polar surface area (TPSA) is 231 Å². The van der Waals surface area contributed by atoms with Crippen LogP contribution in [0.15, 0.2) is 35.5 Å². The first-order chi connectivity index (χ1) is 19.0. The smallest absolute Gasteiger partial charge is 0.327 e. The number of aliphatic carboxylic acids is 1. The van der Waals surface area contributed by atoms with Crippen LogP contribution < -0.4 is 33.2 Å². The number of hydrogen-bond acceptors (Lipinski definition) is 7. The lowest BCUT2D eigenvalue weighted by Gasteiger charge is -2.28. The fourth-order valence-corrected chi connectivity index (χ4v) is 4.33. The number of aromatic nitrogens is 1. The summed E-state index contributed by atoms with van der Waals surface area (Å²) in [6.45, 7) is 3.86. The lowest BCUT2D eigenvalue weighted by Crippen LogP contribution is -2.59. The van der Waals surface area contributed by atoms with Crippen molar-refractivity contribution in [1.29, 1.82) is 0 Å². The third kappa shape index (κ3) is 9.45. The predicted molar refractivity (Wildman–Crippen MR) is 157 cm³/mol. The number of benzene rings is 1. The van der Waals surface area contributed by atoms with Crippen LogP contribution in [0.5, 0.6) is 0 Å². The van der Waals surface area contributed by atoms with E-state index in [9.17, 15) is 24.3 Å². The van der Waals surface area contributed by atoms with Crippen LogP contribution in [0.2, 0.25) is 0 Å². The number of nitrogens with one attached hydrogen (secondary N) is 4. The van der Waals surface area contributed by atoms with Gasteiger partial charge in [0.2, 0.25) is 17.7 Å². The molecule has 1 aromatic heterocycles. The average Bonchev–Trinajstić information content (AvgIpc) is 3.33. The molecule has 0 aliphatic rings. The van der Waals surface area contributed by atoms with E-state index in [2.05, 4.69) is 38.6 Å². The molecule has 0 fully saturated rings. The van der Waals surface area contributed by atoms with Crippen LogP contribution in [-0.4, -0.2) is 76.2 Å². The van der Waals surface area contributed by atoms with Crippen LogP contribution in [0.3, 0.4) is 0 Å². The number of nitrogens with zero attached hydrogens (tertiary/aromatic N) is 1. The highest BCUT2D eigenvalue weighted by Gasteiger charge is 2.32. The number of nitrogens with two attached hydrogens (primary N) is 3. The molecule has 0 saturated heterocycles. The van der Waals surface area contributed by atoms with E-state index < -0.39 is 47.9 Å². The van der Waals surface area contributed by atoms with Crippen molar-refractivity contribution in [1.82, 2.24) is 20.9 Å². The fraction of sp³-hybridized carbons (Fsp3) is 0.500. The Morgan fingerprint density at radius 3 is 2.35 bits per heavy atom. The second kappa shape index (κ2) is 15.7. The number of guanidine groups is 1. The number of carbonyl (C=O) groups is 4. The SMILES string of the molecule is CCC(C)C(NC(=O)C(N)Cc1c[nH]c2ccccc12)C(=O)NC(CCCN=C(N)N)C(=O)NC(CS)C(=O)O. The van der Waals surface area contributed by atoms with Crippen LogP contribution in [0.4, 0.5) is 0 Å². The quantitative estimate of drug-likeness (QED) is 0.0551. The summed E-state index contributed by atoms with van der Waals surface area (Å²) in [6.07, 6.45) is 3.05. The highest BCUT2D eigenvalue weighted by Crippen LogP contribution is 2.19. The van der Waals surface area contributed by atoms with Gasteiger partial charge in [0.1, 0.15) is 18.1 Å². The Labute approximate surface area is 238 Å². The first-order valence-electron chi connectivity index (χ1n) is 13.1. The van der Waals surface area contributed by atoms with E-state index in [0.29, 0.717) is 12.8 Å². The number of thiol groups is 1. The predicted octanol–water partition coefficient (Wildman–Crippen LogP) is -0.394. The molecule has 2 aromatic rings. The monoisotopic (exact) mass is 576 g/mol. The molecule has 3 amide bonds. The summed E-state index contributed by atoms with van der Waals surface area (Å²) in [7, 11) is 0. The first-order valence-corrected chi connectivity index (χ1v) is 13.7. The van der Waals surface area contributed by atoms with E-state index in [1.165, 1.54) is 0 Å². The van der Waals surface area contributed by atoms with Crippen molar-refractivity contribution in [3.8, 4) is 0 Å². The van der Waals surface area contributed by atoms with E-state index >= 15 is 0 Å². The number of fused-ring (bicyclic) bond motifs is 1. The van der Waals surface area contributed by atoms with Gasteiger partial charge >= 0.3 is 5.97 Å². The number of aromatic amines is 1. The van der Waals surface area contributed by atoms with Crippen LogP contribution in [0.25, 0.3) is 10.9 Å². The van der Waals surface area contributed by atoms with E-state index in [-0.39, 0.29) is 37.0 Å².